The average molecular weight is 283 g/mol. The van der Waals surface area contributed by atoms with Gasteiger partial charge in [-0.15, -0.1) is 0 Å². The maximum Gasteiger partial charge on any atom is 0.123 e. The normalized spacial score (nSPS) is 22.6. The van der Waals surface area contributed by atoms with Crippen molar-refractivity contribution in [3.05, 3.63) is 71.0 Å². The van der Waals surface area contributed by atoms with Gasteiger partial charge in [-0.25, -0.2) is 4.39 Å². The maximum absolute atomic E-state index is 13.3. The van der Waals surface area contributed by atoms with E-state index < -0.39 is 0 Å². The third-order valence-corrected chi connectivity index (χ3v) is 4.49. The van der Waals surface area contributed by atoms with E-state index in [1.165, 1.54) is 30.0 Å². The van der Waals surface area contributed by atoms with Gasteiger partial charge in [-0.05, 0) is 55.9 Å². The van der Waals surface area contributed by atoms with Crippen LogP contribution in [0.4, 0.5) is 4.39 Å². The molecule has 0 bridgehead atoms. The molecule has 0 saturated heterocycles. The smallest absolute Gasteiger partial charge is 0.123 e. The highest BCUT2D eigenvalue weighted by molar-refractivity contribution is 5.28. The van der Waals surface area contributed by atoms with E-state index in [0.29, 0.717) is 12.0 Å². The van der Waals surface area contributed by atoms with Crippen LogP contribution in [-0.2, 0) is 0 Å². The van der Waals surface area contributed by atoms with Gasteiger partial charge >= 0.3 is 0 Å². The number of nitrogens with one attached hydrogen (secondary N) is 1. The van der Waals surface area contributed by atoms with Crippen molar-refractivity contribution in [2.45, 2.75) is 44.7 Å². The molecule has 0 aliphatic heterocycles. The summed E-state index contributed by atoms with van der Waals surface area (Å²) in [5, 5.41) is 3.61. The highest BCUT2D eigenvalue weighted by Crippen LogP contribution is 2.38. The van der Waals surface area contributed by atoms with Gasteiger partial charge in [0, 0.05) is 12.1 Å². The highest BCUT2D eigenvalue weighted by Gasteiger charge is 2.31. The third-order valence-electron chi connectivity index (χ3n) is 4.49. The second kappa shape index (κ2) is 5.98. The molecule has 21 heavy (non-hydrogen) atoms. The summed E-state index contributed by atoms with van der Waals surface area (Å²) in [4.78, 5) is 0. The zero-order chi connectivity index (χ0) is 14.8. The quantitative estimate of drug-likeness (QED) is 0.855. The lowest BCUT2D eigenvalue weighted by atomic mass is 9.75. The first-order chi connectivity index (χ1) is 10.1. The van der Waals surface area contributed by atoms with Gasteiger partial charge in [-0.3, -0.25) is 0 Å². The number of hydrogen-bond acceptors (Lipinski definition) is 1. The standard InChI is InChI=1S/C19H22FN/c1-13-5-3-7-16(9-13)17-11-19(12-17)21-14(2)15-6-4-8-18(20)10-15/h3-10,14,17,19,21H,11-12H2,1-2H3. The van der Waals surface area contributed by atoms with Crippen LogP contribution in [0, 0.1) is 12.7 Å². The van der Waals surface area contributed by atoms with Crippen LogP contribution in [0.15, 0.2) is 48.5 Å². The molecule has 3 rings (SSSR count). The van der Waals surface area contributed by atoms with E-state index in [0.717, 1.165) is 5.56 Å². The Labute approximate surface area is 126 Å². The van der Waals surface area contributed by atoms with E-state index in [1.807, 2.05) is 6.07 Å². The van der Waals surface area contributed by atoms with Crippen molar-refractivity contribution >= 4 is 0 Å². The summed E-state index contributed by atoms with van der Waals surface area (Å²) in [5.74, 6) is 0.509. The van der Waals surface area contributed by atoms with Gasteiger partial charge < -0.3 is 5.32 Å². The van der Waals surface area contributed by atoms with Crippen molar-refractivity contribution in [1.29, 1.82) is 0 Å². The molecule has 1 atom stereocenters. The summed E-state index contributed by atoms with van der Waals surface area (Å²) in [6.07, 6.45) is 2.34. The molecule has 0 aromatic heterocycles. The lowest BCUT2D eigenvalue weighted by Gasteiger charge is -2.38. The molecule has 1 unspecified atom stereocenters. The van der Waals surface area contributed by atoms with Gasteiger partial charge in [-0.1, -0.05) is 42.0 Å². The SMILES string of the molecule is Cc1cccc(C2CC(NC(C)c3cccc(F)c3)C2)c1. The minimum absolute atomic E-state index is 0.160. The Bertz CT molecular complexity index is 616. The molecular formula is C19H22FN. The molecule has 2 heteroatoms. The summed E-state index contributed by atoms with van der Waals surface area (Å²) in [5.41, 5.74) is 3.80. The first-order valence-corrected chi connectivity index (χ1v) is 7.70. The Hall–Kier alpha value is -1.67. The van der Waals surface area contributed by atoms with Crippen LogP contribution in [-0.4, -0.2) is 6.04 Å². The van der Waals surface area contributed by atoms with Crippen molar-refractivity contribution in [2.24, 2.45) is 0 Å². The summed E-state index contributed by atoms with van der Waals surface area (Å²) < 4.78 is 13.3. The van der Waals surface area contributed by atoms with Crippen molar-refractivity contribution < 1.29 is 4.39 Å². The molecule has 1 aliphatic rings. The largest absolute Gasteiger partial charge is 0.307 e. The Kier molecular flexibility index (Phi) is 4.07. The molecular weight excluding hydrogens is 261 g/mol. The Morgan fingerprint density at radius 2 is 1.86 bits per heavy atom. The van der Waals surface area contributed by atoms with E-state index in [1.54, 1.807) is 12.1 Å². The van der Waals surface area contributed by atoms with Gasteiger partial charge in [0.25, 0.3) is 0 Å². The molecule has 0 spiro atoms. The monoisotopic (exact) mass is 283 g/mol. The molecule has 0 heterocycles. The first kappa shape index (κ1) is 14.3. The fraction of sp³-hybridized carbons (Fsp3) is 0.368. The van der Waals surface area contributed by atoms with Crippen LogP contribution >= 0.6 is 0 Å². The van der Waals surface area contributed by atoms with Crippen molar-refractivity contribution in [3.63, 3.8) is 0 Å². The zero-order valence-electron chi connectivity index (χ0n) is 12.6. The molecule has 1 aliphatic carbocycles. The summed E-state index contributed by atoms with van der Waals surface area (Å²) in [7, 11) is 0. The predicted molar refractivity (Wildman–Crippen MR) is 84.9 cm³/mol. The van der Waals surface area contributed by atoms with Crippen molar-refractivity contribution in [1.82, 2.24) is 5.32 Å². The second-order valence-electron chi connectivity index (χ2n) is 6.22. The minimum atomic E-state index is -0.160. The molecule has 110 valence electrons. The minimum Gasteiger partial charge on any atom is -0.307 e. The van der Waals surface area contributed by atoms with Crippen LogP contribution in [0.25, 0.3) is 0 Å². The predicted octanol–water partition coefficient (Wildman–Crippen LogP) is 4.73. The maximum atomic E-state index is 13.3. The highest BCUT2D eigenvalue weighted by atomic mass is 19.1. The Balaban J connectivity index is 1.55. The number of rotatable bonds is 4. The van der Waals surface area contributed by atoms with Crippen LogP contribution < -0.4 is 5.32 Å². The van der Waals surface area contributed by atoms with Gasteiger partial charge in [0.15, 0.2) is 0 Å². The summed E-state index contributed by atoms with van der Waals surface area (Å²) in [6.45, 7) is 4.25. The fourth-order valence-electron chi connectivity index (χ4n) is 3.18. The Morgan fingerprint density at radius 1 is 1.10 bits per heavy atom. The van der Waals surface area contributed by atoms with E-state index in [9.17, 15) is 4.39 Å². The molecule has 1 saturated carbocycles. The van der Waals surface area contributed by atoms with Crippen LogP contribution in [0.1, 0.15) is 48.4 Å². The van der Waals surface area contributed by atoms with E-state index >= 15 is 0 Å². The first-order valence-electron chi connectivity index (χ1n) is 7.70. The van der Waals surface area contributed by atoms with E-state index in [2.05, 4.69) is 43.4 Å². The van der Waals surface area contributed by atoms with Gasteiger partial charge in [0.1, 0.15) is 5.82 Å². The van der Waals surface area contributed by atoms with Crippen molar-refractivity contribution in [2.75, 3.05) is 0 Å². The molecule has 1 fully saturated rings. The third kappa shape index (κ3) is 3.33. The van der Waals surface area contributed by atoms with Gasteiger partial charge in [0.05, 0.1) is 0 Å². The van der Waals surface area contributed by atoms with E-state index in [4.69, 9.17) is 0 Å². The van der Waals surface area contributed by atoms with E-state index in [-0.39, 0.29) is 11.9 Å². The second-order valence-corrected chi connectivity index (χ2v) is 6.22. The number of hydrogen-bond donors (Lipinski definition) is 1. The average Bonchev–Trinajstić information content (AvgIpc) is 2.42. The van der Waals surface area contributed by atoms with Crippen molar-refractivity contribution in [3.8, 4) is 0 Å². The van der Waals surface area contributed by atoms with Gasteiger partial charge in [-0.2, -0.15) is 0 Å². The topological polar surface area (TPSA) is 12.0 Å². The van der Waals surface area contributed by atoms with Gasteiger partial charge in [0.2, 0.25) is 0 Å². The fourth-order valence-corrected chi connectivity index (χ4v) is 3.18. The van der Waals surface area contributed by atoms with Crippen LogP contribution in [0.3, 0.4) is 0 Å². The summed E-state index contributed by atoms with van der Waals surface area (Å²) in [6, 6.07) is 16.4. The molecule has 2 aromatic rings. The Morgan fingerprint density at radius 3 is 2.57 bits per heavy atom. The molecule has 1 nitrogen and oxygen atoms in total. The molecule has 2 aromatic carbocycles. The number of halogens is 1. The molecule has 0 radical (unpaired) electrons. The lowest BCUT2D eigenvalue weighted by molar-refractivity contribution is 0.270. The molecule has 1 N–H and O–H groups in total. The lowest BCUT2D eigenvalue weighted by Crippen LogP contribution is -2.41. The number of aryl methyl sites for hydroxylation is 1. The number of benzene rings is 2. The zero-order valence-corrected chi connectivity index (χ0v) is 12.6. The molecule has 0 amide bonds. The summed E-state index contributed by atoms with van der Waals surface area (Å²) >= 11 is 0. The van der Waals surface area contributed by atoms with Crippen LogP contribution in [0.2, 0.25) is 0 Å². The van der Waals surface area contributed by atoms with Crippen LogP contribution in [0.5, 0.6) is 0 Å².